The van der Waals surface area contributed by atoms with Gasteiger partial charge in [0, 0.05) is 20.1 Å². The Morgan fingerprint density at radius 3 is 2.28 bits per heavy atom. The summed E-state index contributed by atoms with van der Waals surface area (Å²) in [5, 5.41) is 13.6. The molecular weight excluding hydrogens is 254 g/mol. The summed E-state index contributed by atoms with van der Waals surface area (Å²) in [7, 11) is -1.75. The zero-order valence-corrected chi connectivity index (χ0v) is 11.7. The Labute approximate surface area is 107 Å². The highest BCUT2D eigenvalue weighted by Gasteiger charge is 2.32. The summed E-state index contributed by atoms with van der Waals surface area (Å²) >= 11 is 0. The third-order valence-electron chi connectivity index (χ3n) is 3.46. The van der Waals surface area contributed by atoms with E-state index in [4.69, 9.17) is 0 Å². The van der Waals surface area contributed by atoms with E-state index < -0.39 is 10.0 Å². The molecule has 2 rings (SSSR count). The van der Waals surface area contributed by atoms with Crippen molar-refractivity contribution >= 4 is 10.0 Å². The lowest BCUT2D eigenvalue weighted by Gasteiger charge is -2.28. The van der Waals surface area contributed by atoms with Crippen molar-refractivity contribution in [2.45, 2.75) is 37.7 Å². The van der Waals surface area contributed by atoms with Gasteiger partial charge < -0.3 is 5.11 Å². The van der Waals surface area contributed by atoms with Crippen molar-refractivity contribution in [3.05, 3.63) is 11.4 Å². The maximum absolute atomic E-state index is 12.5. The van der Waals surface area contributed by atoms with Crippen LogP contribution in [0.25, 0.3) is 0 Å². The molecule has 0 aliphatic carbocycles. The molecular formula is C11H19N3O3S. The predicted octanol–water partition coefficient (Wildman–Crippen LogP) is 0.182. The van der Waals surface area contributed by atoms with E-state index in [9.17, 15) is 13.5 Å². The van der Waals surface area contributed by atoms with Gasteiger partial charge in [0.15, 0.2) is 0 Å². The molecule has 1 aromatic rings. The molecule has 0 bridgehead atoms. The number of aliphatic hydroxyl groups excluding tert-OH is 1. The quantitative estimate of drug-likeness (QED) is 0.834. The first-order chi connectivity index (χ1) is 8.34. The first-order valence-electron chi connectivity index (χ1n) is 6.02. The molecule has 0 amide bonds. The van der Waals surface area contributed by atoms with Gasteiger partial charge in [-0.3, -0.25) is 4.68 Å². The zero-order chi connectivity index (χ0) is 13.5. The molecule has 0 saturated carbocycles. The molecule has 18 heavy (non-hydrogen) atoms. The predicted molar refractivity (Wildman–Crippen MR) is 66.7 cm³/mol. The molecule has 6 nitrogen and oxygen atoms in total. The van der Waals surface area contributed by atoms with Crippen LogP contribution < -0.4 is 0 Å². The van der Waals surface area contributed by atoms with Crippen LogP contribution in [0.15, 0.2) is 4.90 Å². The van der Waals surface area contributed by atoms with Crippen molar-refractivity contribution in [2.24, 2.45) is 7.05 Å². The largest absolute Gasteiger partial charge is 0.393 e. The van der Waals surface area contributed by atoms with Crippen LogP contribution in [-0.4, -0.2) is 46.8 Å². The lowest BCUT2D eigenvalue weighted by Crippen LogP contribution is -2.40. The van der Waals surface area contributed by atoms with Crippen molar-refractivity contribution in [1.82, 2.24) is 14.1 Å². The number of rotatable bonds is 2. The van der Waals surface area contributed by atoms with Gasteiger partial charge in [-0.15, -0.1) is 0 Å². The molecule has 2 heterocycles. The maximum Gasteiger partial charge on any atom is 0.246 e. The van der Waals surface area contributed by atoms with Gasteiger partial charge in [-0.25, -0.2) is 8.42 Å². The minimum atomic E-state index is -3.49. The fourth-order valence-corrected chi connectivity index (χ4v) is 4.21. The number of nitrogens with zero attached hydrogens (tertiary/aromatic N) is 3. The van der Waals surface area contributed by atoms with Crippen molar-refractivity contribution in [3.8, 4) is 0 Å². The smallest absolute Gasteiger partial charge is 0.246 e. The van der Waals surface area contributed by atoms with Crippen LogP contribution in [0.2, 0.25) is 0 Å². The van der Waals surface area contributed by atoms with E-state index in [1.807, 2.05) is 0 Å². The monoisotopic (exact) mass is 273 g/mol. The van der Waals surface area contributed by atoms with Gasteiger partial charge in [0.05, 0.1) is 17.5 Å². The van der Waals surface area contributed by atoms with Crippen LogP contribution in [0.5, 0.6) is 0 Å². The van der Waals surface area contributed by atoms with E-state index in [2.05, 4.69) is 5.10 Å². The normalized spacial score (nSPS) is 19.3. The van der Waals surface area contributed by atoms with Crippen molar-refractivity contribution in [2.75, 3.05) is 13.1 Å². The average molecular weight is 273 g/mol. The number of piperidine rings is 1. The molecule has 102 valence electrons. The standard InChI is InChI=1S/C11H19N3O3S/c1-8-11(9(2)13(3)12-8)18(16,17)14-6-4-10(15)5-7-14/h10,15H,4-7H2,1-3H3. The molecule has 1 saturated heterocycles. The van der Waals surface area contributed by atoms with Gasteiger partial charge in [-0.05, 0) is 26.7 Å². The summed E-state index contributed by atoms with van der Waals surface area (Å²) in [4.78, 5) is 0.307. The van der Waals surface area contributed by atoms with Crippen molar-refractivity contribution in [3.63, 3.8) is 0 Å². The highest BCUT2D eigenvalue weighted by Crippen LogP contribution is 2.25. The van der Waals surface area contributed by atoms with Gasteiger partial charge in [0.2, 0.25) is 10.0 Å². The molecule has 0 unspecified atom stereocenters. The molecule has 0 atom stereocenters. The molecule has 1 aromatic heterocycles. The summed E-state index contributed by atoms with van der Waals surface area (Å²) in [5.74, 6) is 0. The average Bonchev–Trinajstić information content (AvgIpc) is 2.54. The van der Waals surface area contributed by atoms with E-state index >= 15 is 0 Å². The second kappa shape index (κ2) is 4.64. The van der Waals surface area contributed by atoms with Crippen molar-refractivity contribution < 1.29 is 13.5 Å². The topological polar surface area (TPSA) is 75.4 Å². The van der Waals surface area contributed by atoms with Gasteiger partial charge in [0.1, 0.15) is 4.90 Å². The molecule has 0 spiro atoms. The molecule has 0 aromatic carbocycles. The van der Waals surface area contributed by atoms with Crippen LogP contribution in [0, 0.1) is 13.8 Å². The van der Waals surface area contributed by atoms with Crippen LogP contribution in [0.3, 0.4) is 0 Å². The number of aryl methyl sites for hydroxylation is 2. The number of sulfonamides is 1. The summed E-state index contributed by atoms with van der Waals surface area (Å²) in [6.07, 6.45) is 0.613. The Morgan fingerprint density at radius 2 is 1.83 bits per heavy atom. The Balaban J connectivity index is 2.37. The fraction of sp³-hybridized carbons (Fsp3) is 0.727. The van der Waals surface area contributed by atoms with Gasteiger partial charge in [-0.2, -0.15) is 9.40 Å². The minimum absolute atomic E-state index is 0.307. The SMILES string of the molecule is Cc1nn(C)c(C)c1S(=O)(=O)N1CCC(O)CC1. The van der Waals surface area contributed by atoms with Crippen molar-refractivity contribution in [1.29, 1.82) is 0 Å². The Morgan fingerprint density at radius 1 is 1.28 bits per heavy atom. The molecule has 1 aliphatic heterocycles. The molecule has 1 fully saturated rings. The summed E-state index contributed by atoms with van der Waals surface area (Å²) in [6, 6.07) is 0. The summed E-state index contributed by atoms with van der Waals surface area (Å²) in [5.41, 5.74) is 1.18. The van der Waals surface area contributed by atoms with Gasteiger partial charge >= 0.3 is 0 Å². The Kier molecular flexibility index (Phi) is 3.48. The number of hydrogen-bond donors (Lipinski definition) is 1. The van der Waals surface area contributed by atoms with Crippen LogP contribution in [0.4, 0.5) is 0 Å². The first kappa shape index (κ1) is 13.5. The summed E-state index contributed by atoms with van der Waals surface area (Å²) < 4.78 is 28.1. The molecule has 0 radical (unpaired) electrons. The fourth-order valence-electron chi connectivity index (χ4n) is 2.34. The van der Waals surface area contributed by atoms with Crippen LogP contribution in [-0.2, 0) is 17.1 Å². The van der Waals surface area contributed by atoms with E-state index in [0.717, 1.165) is 0 Å². The van der Waals surface area contributed by atoms with E-state index in [0.29, 0.717) is 42.2 Å². The number of aliphatic hydroxyl groups is 1. The molecule has 1 N–H and O–H groups in total. The molecule has 1 aliphatic rings. The van der Waals surface area contributed by atoms with E-state index in [-0.39, 0.29) is 6.10 Å². The lowest BCUT2D eigenvalue weighted by atomic mass is 10.1. The minimum Gasteiger partial charge on any atom is -0.393 e. The Bertz CT molecular complexity index is 542. The highest BCUT2D eigenvalue weighted by molar-refractivity contribution is 7.89. The number of aromatic nitrogens is 2. The lowest BCUT2D eigenvalue weighted by molar-refractivity contribution is 0.113. The third kappa shape index (κ3) is 2.17. The van der Waals surface area contributed by atoms with Crippen LogP contribution in [0.1, 0.15) is 24.2 Å². The highest BCUT2D eigenvalue weighted by atomic mass is 32.2. The zero-order valence-electron chi connectivity index (χ0n) is 10.9. The first-order valence-corrected chi connectivity index (χ1v) is 7.46. The Hall–Kier alpha value is -0.920. The van der Waals surface area contributed by atoms with Crippen LogP contribution >= 0.6 is 0 Å². The van der Waals surface area contributed by atoms with Gasteiger partial charge in [0.25, 0.3) is 0 Å². The second-order valence-corrected chi connectivity index (χ2v) is 6.63. The molecule has 7 heteroatoms. The third-order valence-corrected chi connectivity index (χ3v) is 5.62. The van der Waals surface area contributed by atoms with Gasteiger partial charge in [-0.1, -0.05) is 0 Å². The second-order valence-electron chi connectivity index (χ2n) is 4.76. The maximum atomic E-state index is 12.5. The van der Waals surface area contributed by atoms with E-state index in [1.54, 1.807) is 25.6 Å². The number of hydrogen-bond acceptors (Lipinski definition) is 4. The summed E-state index contributed by atoms with van der Waals surface area (Å²) in [6.45, 7) is 4.21. The van der Waals surface area contributed by atoms with E-state index in [1.165, 1.54) is 4.31 Å².